The van der Waals surface area contributed by atoms with Crippen LogP contribution in [0.4, 0.5) is 0 Å². The van der Waals surface area contributed by atoms with E-state index in [1.165, 1.54) is 12.8 Å². The van der Waals surface area contributed by atoms with Gasteiger partial charge in [0.05, 0.1) is 0 Å². The monoisotopic (exact) mass is 311 g/mol. The molecule has 98 valence electrons. The maximum Gasteiger partial charge on any atom is 0.270 e. The molecule has 0 aromatic carbocycles. The molecule has 0 radical (unpaired) electrons. The molecule has 0 aliphatic carbocycles. The fraction of sp³-hybridized carbons (Fsp3) is 0.615. The Hall–Kier alpha value is -0.810. The molecular weight excluding hydrogens is 294 g/mol. The van der Waals surface area contributed by atoms with Crippen LogP contribution in [0.5, 0.6) is 0 Å². The van der Waals surface area contributed by atoms with Gasteiger partial charge in [-0.2, -0.15) is 0 Å². The molecule has 2 unspecified atom stereocenters. The van der Waals surface area contributed by atoms with E-state index < -0.39 is 0 Å². The van der Waals surface area contributed by atoms with E-state index in [-0.39, 0.29) is 5.91 Å². The number of aromatic amines is 1. The summed E-state index contributed by atoms with van der Waals surface area (Å²) in [6.07, 6.45) is 6.49. The van der Waals surface area contributed by atoms with Crippen LogP contribution >= 0.6 is 15.9 Å². The molecule has 2 saturated heterocycles. The Morgan fingerprint density at radius 2 is 2.28 bits per heavy atom. The van der Waals surface area contributed by atoms with Gasteiger partial charge in [-0.05, 0) is 54.2 Å². The summed E-state index contributed by atoms with van der Waals surface area (Å²) in [6.45, 7) is 1.98. The molecule has 3 rings (SSSR count). The average Bonchev–Trinajstić information content (AvgIpc) is 3.08. The summed E-state index contributed by atoms with van der Waals surface area (Å²) in [5, 5.41) is 3.53. The number of hydrogen-bond donors (Lipinski definition) is 2. The predicted molar refractivity (Wildman–Crippen MR) is 73.6 cm³/mol. The standard InChI is InChI=1S/C13H18BrN3O/c14-9-7-11(16-8-9)13(18)17-6-2-4-12(17)10-3-1-5-15-10/h7-8,10,12,15-16H,1-6H2. The molecule has 4 nitrogen and oxygen atoms in total. The molecule has 1 aromatic rings. The first-order valence-corrected chi connectivity index (χ1v) is 7.43. The number of likely N-dealkylation sites (tertiary alicyclic amines) is 1. The molecule has 2 fully saturated rings. The third-order valence-electron chi connectivity index (χ3n) is 4.00. The lowest BCUT2D eigenvalue weighted by atomic mass is 10.0. The number of H-pyrrole nitrogens is 1. The van der Waals surface area contributed by atoms with Crippen molar-refractivity contribution in [1.29, 1.82) is 0 Å². The number of amides is 1. The Labute approximate surface area is 115 Å². The van der Waals surface area contributed by atoms with Crippen LogP contribution in [0.25, 0.3) is 0 Å². The van der Waals surface area contributed by atoms with Crippen molar-refractivity contribution < 1.29 is 4.79 Å². The van der Waals surface area contributed by atoms with E-state index in [4.69, 9.17) is 0 Å². The van der Waals surface area contributed by atoms with Crippen LogP contribution < -0.4 is 5.32 Å². The highest BCUT2D eigenvalue weighted by molar-refractivity contribution is 9.10. The number of carbonyl (C=O) groups excluding carboxylic acids is 1. The lowest BCUT2D eigenvalue weighted by molar-refractivity contribution is 0.0706. The molecule has 5 heteroatoms. The van der Waals surface area contributed by atoms with Crippen molar-refractivity contribution in [2.45, 2.75) is 37.8 Å². The second-order valence-electron chi connectivity index (χ2n) is 5.14. The van der Waals surface area contributed by atoms with Gasteiger partial charge in [-0.25, -0.2) is 0 Å². The summed E-state index contributed by atoms with van der Waals surface area (Å²) in [4.78, 5) is 17.6. The van der Waals surface area contributed by atoms with Gasteiger partial charge in [0.1, 0.15) is 5.69 Å². The molecule has 3 heterocycles. The largest absolute Gasteiger partial charge is 0.356 e. The summed E-state index contributed by atoms with van der Waals surface area (Å²) in [5.41, 5.74) is 0.687. The molecule has 2 aliphatic heterocycles. The van der Waals surface area contributed by atoms with Crippen LogP contribution in [-0.2, 0) is 0 Å². The van der Waals surface area contributed by atoms with Crippen LogP contribution in [0.3, 0.4) is 0 Å². The third-order valence-corrected chi connectivity index (χ3v) is 4.46. The Bertz CT molecular complexity index is 439. The van der Waals surface area contributed by atoms with Crippen LogP contribution in [0.1, 0.15) is 36.2 Å². The second kappa shape index (κ2) is 5.05. The van der Waals surface area contributed by atoms with Gasteiger partial charge >= 0.3 is 0 Å². The van der Waals surface area contributed by atoms with Crippen molar-refractivity contribution in [3.05, 3.63) is 22.4 Å². The van der Waals surface area contributed by atoms with E-state index in [2.05, 4.69) is 26.2 Å². The quantitative estimate of drug-likeness (QED) is 0.879. The molecular formula is C13H18BrN3O. The Morgan fingerprint density at radius 3 is 2.94 bits per heavy atom. The van der Waals surface area contributed by atoms with E-state index in [1.807, 2.05) is 17.2 Å². The third kappa shape index (κ3) is 2.21. The van der Waals surface area contributed by atoms with Crippen LogP contribution in [-0.4, -0.2) is 41.0 Å². The maximum absolute atomic E-state index is 12.5. The van der Waals surface area contributed by atoms with Gasteiger partial charge in [-0.3, -0.25) is 4.79 Å². The fourth-order valence-corrected chi connectivity index (χ4v) is 3.49. The smallest absolute Gasteiger partial charge is 0.270 e. The summed E-state index contributed by atoms with van der Waals surface area (Å²) in [7, 11) is 0. The summed E-state index contributed by atoms with van der Waals surface area (Å²) >= 11 is 3.38. The van der Waals surface area contributed by atoms with Gasteiger partial charge in [0.15, 0.2) is 0 Å². The van der Waals surface area contributed by atoms with Crippen molar-refractivity contribution in [2.24, 2.45) is 0 Å². The number of aromatic nitrogens is 1. The molecule has 0 bridgehead atoms. The average molecular weight is 312 g/mol. The van der Waals surface area contributed by atoms with Crippen molar-refractivity contribution in [3.63, 3.8) is 0 Å². The summed E-state index contributed by atoms with van der Waals surface area (Å²) in [6, 6.07) is 2.73. The zero-order valence-corrected chi connectivity index (χ0v) is 11.9. The first kappa shape index (κ1) is 12.2. The van der Waals surface area contributed by atoms with Gasteiger partial charge in [0, 0.05) is 29.3 Å². The maximum atomic E-state index is 12.5. The highest BCUT2D eigenvalue weighted by Gasteiger charge is 2.36. The summed E-state index contributed by atoms with van der Waals surface area (Å²) < 4.78 is 0.931. The van der Waals surface area contributed by atoms with Gasteiger partial charge in [-0.1, -0.05) is 0 Å². The van der Waals surface area contributed by atoms with Crippen LogP contribution in [0, 0.1) is 0 Å². The van der Waals surface area contributed by atoms with E-state index >= 15 is 0 Å². The normalized spacial score (nSPS) is 27.9. The van der Waals surface area contributed by atoms with Crippen molar-refractivity contribution in [1.82, 2.24) is 15.2 Å². The van der Waals surface area contributed by atoms with Crippen molar-refractivity contribution >= 4 is 21.8 Å². The highest BCUT2D eigenvalue weighted by atomic mass is 79.9. The van der Waals surface area contributed by atoms with Gasteiger partial charge in [-0.15, -0.1) is 0 Å². The minimum atomic E-state index is 0.136. The zero-order valence-electron chi connectivity index (χ0n) is 10.3. The topological polar surface area (TPSA) is 48.1 Å². The van der Waals surface area contributed by atoms with E-state index in [9.17, 15) is 4.79 Å². The molecule has 1 amide bonds. The first-order chi connectivity index (χ1) is 8.75. The lowest BCUT2D eigenvalue weighted by Crippen LogP contribution is -2.46. The minimum Gasteiger partial charge on any atom is -0.356 e. The Morgan fingerprint density at radius 1 is 1.39 bits per heavy atom. The van der Waals surface area contributed by atoms with Gasteiger partial charge in [0.25, 0.3) is 5.91 Å². The zero-order chi connectivity index (χ0) is 12.5. The van der Waals surface area contributed by atoms with Crippen LogP contribution in [0.2, 0.25) is 0 Å². The van der Waals surface area contributed by atoms with Crippen molar-refractivity contribution in [2.75, 3.05) is 13.1 Å². The molecule has 18 heavy (non-hydrogen) atoms. The first-order valence-electron chi connectivity index (χ1n) is 6.64. The SMILES string of the molecule is O=C(c1cc(Br)c[nH]1)N1CCCC1C1CCCN1. The van der Waals surface area contributed by atoms with Crippen molar-refractivity contribution in [3.8, 4) is 0 Å². The molecule has 0 saturated carbocycles. The Kier molecular flexibility index (Phi) is 3.43. The number of rotatable bonds is 2. The molecule has 2 aliphatic rings. The second-order valence-corrected chi connectivity index (χ2v) is 6.06. The highest BCUT2D eigenvalue weighted by Crippen LogP contribution is 2.26. The number of hydrogen-bond acceptors (Lipinski definition) is 2. The van der Waals surface area contributed by atoms with E-state index in [0.29, 0.717) is 17.8 Å². The van der Waals surface area contributed by atoms with E-state index in [1.54, 1.807) is 0 Å². The number of halogens is 1. The van der Waals surface area contributed by atoms with Gasteiger partial charge in [0.2, 0.25) is 0 Å². The number of nitrogens with one attached hydrogen (secondary N) is 2. The molecule has 2 N–H and O–H groups in total. The van der Waals surface area contributed by atoms with Crippen LogP contribution in [0.15, 0.2) is 16.7 Å². The fourth-order valence-electron chi connectivity index (χ4n) is 3.15. The predicted octanol–water partition coefficient (Wildman–Crippen LogP) is 2.13. The number of carbonyl (C=O) groups is 1. The van der Waals surface area contributed by atoms with Gasteiger partial charge < -0.3 is 15.2 Å². The van der Waals surface area contributed by atoms with E-state index in [0.717, 1.165) is 30.4 Å². The lowest BCUT2D eigenvalue weighted by Gasteiger charge is -2.29. The molecule has 1 aromatic heterocycles. The molecule has 0 spiro atoms. The number of nitrogens with zero attached hydrogens (tertiary/aromatic N) is 1. The minimum absolute atomic E-state index is 0.136. The molecule has 2 atom stereocenters. The Balaban J connectivity index is 1.75. The summed E-state index contributed by atoms with van der Waals surface area (Å²) in [5.74, 6) is 0.136.